The van der Waals surface area contributed by atoms with Crippen molar-refractivity contribution < 1.29 is 18.0 Å². The Kier molecular flexibility index (Phi) is 10.2. The molecule has 0 saturated carbocycles. The monoisotopic (exact) mass is 569 g/mol. The molecule has 208 valence electrons. The molecule has 3 rings (SSSR count). The Morgan fingerprint density at radius 3 is 2.15 bits per heavy atom. The number of halogens is 1. The van der Waals surface area contributed by atoms with Crippen molar-refractivity contribution >= 4 is 39.1 Å². The third kappa shape index (κ3) is 8.31. The lowest BCUT2D eigenvalue weighted by Gasteiger charge is -2.34. The molecule has 0 unspecified atom stereocenters. The van der Waals surface area contributed by atoms with Gasteiger partial charge in [0.15, 0.2) is 0 Å². The lowest BCUT2D eigenvalue weighted by atomic mass is 10.0. The van der Waals surface area contributed by atoms with Crippen molar-refractivity contribution in [3.63, 3.8) is 0 Å². The first kappa shape index (κ1) is 30.2. The number of anilines is 1. The highest BCUT2D eigenvalue weighted by atomic mass is 35.5. The summed E-state index contributed by atoms with van der Waals surface area (Å²) in [6.07, 6.45) is 1.32. The molecular weight excluding hydrogens is 534 g/mol. The van der Waals surface area contributed by atoms with E-state index in [0.29, 0.717) is 16.3 Å². The van der Waals surface area contributed by atoms with Gasteiger partial charge in [0.1, 0.15) is 12.6 Å². The van der Waals surface area contributed by atoms with E-state index in [1.807, 2.05) is 70.2 Å². The van der Waals surface area contributed by atoms with Crippen molar-refractivity contribution in [3.8, 4) is 0 Å². The molecule has 9 heteroatoms. The third-order valence-electron chi connectivity index (χ3n) is 6.46. The second-order valence-corrected chi connectivity index (χ2v) is 12.3. The summed E-state index contributed by atoms with van der Waals surface area (Å²) in [6, 6.07) is 20.7. The molecule has 0 heterocycles. The van der Waals surface area contributed by atoms with Gasteiger partial charge in [0, 0.05) is 24.0 Å². The number of carbonyl (C=O) groups excluding carboxylic acids is 2. The number of benzene rings is 3. The van der Waals surface area contributed by atoms with E-state index in [-0.39, 0.29) is 24.9 Å². The lowest BCUT2D eigenvalue weighted by molar-refractivity contribution is -0.140. The minimum atomic E-state index is -3.82. The first-order chi connectivity index (χ1) is 18.4. The molecular formula is C30H36ClN3O4S. The summed E-state index contributed by atoms with van der Waals surface area (Å²) in [5.74, 6) is -0.843. The van der Waals surface area contributed by atoms with Crippen LogP contribution in [-0.4, -0.2) is 50.0 Å². The molecule has 0 fully saturated rings. The third-order valence-corrected chi connectivity index (χ3v) is 7.97. The summed E-state index contributed by atoms with van der Waals surface area (Å²) in [7, 11) is -3.82. The molecule has 39 heavy (non-hydrogen) atoms. The number of rotatable bonds is 11. The Morgan fingerprint density at radius 1 is 0.923 bits per heavy atom. The van der Waals surface area contributed by atoms with Gasteiger partial charge in [0.25, 0.3) is 0 Å². The molecule has 3 aromatic rings. The average Bonchev–Trinajstić information content (AvgIpc) is 2.87. The van der Waals surface area contributed by atoms with E-state index in [9.17, 15) is 18.0 Å². The smallest absolute Gasteiger partial charge is 0.244 e. The Bertz CT molecular complexity index is 1410. The minimum absolute atomic E-state index is 0.0338. The van der Waals surface area contributed by atoms with Crippen molar-refractivity contribution in [3.05, 3.63) is 100 Å². The number of nitrogens with zero attached hydrogens (tertiary/aromatic N) is 2. The van der Waals surface area contributed by atoms with E-state index in [1.54, 1.807) is 30.3 Å². The fraction of sp³-hybridized carbons (Fsp3) is 0.333. The average molecular weight is 570 g/mol. The minimum Gasteiger partial charge on any atom is -0.352 e. The summed E-state index contributed by atoms with van der Waals surface area (Å²) in [6.45, 7) is 7.09. The van der Waals surface area contributed by atoms with Gasteiger partial charge in [-0.15, -0.1) is 0 Å². The predicted octanol–water partition coefficient (Wildman–Crippen LogP) is 4.89. The van der Waals surface area contributed by atoms with E-state index in [2.05, 4.69) is 5.32 Å². The summed E-state index contributed by atoms with van der Waals surface area (Å²) >= 11 is 6.46. The number of aryl methyl sites for hydroxylation is 2. The molecule has 0 saturated heterocycles. The maximum Gasteiger partial charge on any atom is 0.244 e. The molecule has 0 aliphatic rings. The first-order valence-electron chi connectivity index (χ1n) is 12.8. The molecule has 1 atom stereocenters. The number of hydrogen-bond acceptors (Lipinski definition) is 4. The zero-order valence-electron chi connectivity index (χ0n) is 23.0. The summed E-state index contributed by atoms with van der Waals surface area (Å²) in [5.41, 5.74) is 3.82. The van der Waals surface area contributed by atoms with E-state index in [0.717, 1.165) is 27.3 Å². The quantitative estimate of drug-likeness (QED) is 0.356. The molecule has 0 bridgehead atoms. The lowest BCUT2D eigenvalue weighted by Crippen LogP contribution is -2.54. The number of amides is 2. The van der Waals surface area contributed by atoms with Crippen LogP contribution in [0.25, 0.3) is 0 Å². The van der Waals surface area contributed by atoms with Gasteiger partial charge in [-0.1, -0.05) is 66.2 Å². The second-order valence-electron chi connectivity index (χ2n) is 10.0. The van der Waals surface area contributed by atoms with Crippen LogP contribution in [0.15, 0.2) is 72.8 Å². The Hall–Kier alpha value is -3.36. The van der Waals surface area contributed by atoms with Crippen LogP contribution in [0, 0.1) is 13.8 Å². The van der Waals surface area contributed by atoms with Gasteiger partial charge in [0.2, 0.25) is 21.8 Å². The van der Waals surface area contributed by atoms with Gasteiger partial charge in [-0.3, -0.25) is 13.9 Å². The van der Waals surface area contributed by atoms with E-state index < -0.39 is 28.5 Å². The molecule has 0 aromatic heterocycles. The number of nitrogens with one attached hydrogen (secondary N) is 1. The Labute approximate surface area is 236 Å². The highest BCUT2D eigenvalue weighted by Gasteiger charge is 2.33. The predicted molar refractivity (Wildman–Crippen MR) is 157 cm³/mol. The van der Waals surface area contributed by atoms with Crippen LogP contribution < -0.4 is 9.62 Å². The largest absolute Gasteiger partial charge is 0.352 e. The maximum atomic E-state index is 14.1. The summed E-state index contributed by atoms with van der Waals surface area (Å²) < 4.78 is 26.9. The molecule has 0 spiro atoms. The van der Waals surface area contributed by atoms with Crippen LogP contribution in [0.3, 0.4) is 0 Å². The molecule has 0 aliphatic carbocycles. The molecule has 7 nitrogen and oxygen atoms in total. The van der Waals surface area contributed by atoms with Gasteiger partial charge >= 0.3 is 0 Å². The fourth-order valence-corrected chi connectivity index (χ4v) is 5.28. The normalized spacial score (nSPS) is 12.2. The molecule has 0 radical (unpaired) electrons. The number of sulfonamides is 1. The topological polar surface area (TPSA) is 86.8 Å². The number of hydrogen-bond donors (Lipinski definition) is 1. The van der Waals surface area contributed by atoms with Crippen LogP contribution in [0.5, 0.6) is 0 Å². The highest BCUT2D eigenvalue weighted by Crippen LogP contribution is 2.24. The van der Waals surface area contributed by atoms with Gasteiger partial charge < -0.3 is 10.2 Å². The van der Waals surface area contributed by atoms with Gasteiger partial charge in [-0.25, -0.2) is 8.42 Å². The van der Waals surface area contributed by atoms with Crippen LogP contribution in [0.4, 0.5) is 5.69 Å². The molecule has 0 aliphatic heterocycles. The Morgan fingerprint density at radius 2 is 1.56 bits per heavy atom. The van der Waals surface area contributed by atoms with Crippen molar-refractivity contribution in [2.75, 3.05) is 17.1 Å². The van der Waals surface area contributed by atoms with Gasteiger partial charge in [-0.2, -0.15) is 0 Å². The van der Waals surface area contributed by atoms with Gasteiger partial charge in [0.05, 0.1) is 11.9 Å². The van der Waals surface area contributed by atoms with Crippen LogP contribution in [-0.2, 0) is 32.6 Å². The van der Waals surface area contributed by atoms with Crippen molar-refractivity contribution in [1.82, 2.24) is 10.2 Å². The highest BCUT2D eigenvalue weighted by molar-refractivity contribution is 7.92. The first-order valence-corrected chi connectivity index (χ1v) is 15.0. The maximum absolute atomic E-state index is 14.1. The standard InChI is InChI=1S/C30H36ClN3O4S/c1-21(2)32-30(36)28(18-24-11-7-6-8-12-24)33(19-25-13-9-10-14-27(25)31)29(35)20-34(39(5,37)38)26-16-15-22(3)23(4)17-26/h6-17,21,28H,18-20H2,1-5H3,(H,32,36)/t28-/m0/s1. The summed E-state index contributed by atoms with van der Waals surface area (Å²) in [5, 5.41) is 3.38. The summed E-state index contributed by atoms with van der Waals surface area (Å²) in [4.78, 5) is 29.0. The zero-order chi connectivity index (χ0) is 28.7. The SMILES string of the molecule is Cc1ccc(N(CC(=O)N(Cc2ccccc2Cl)[C@@H](Cc2ccccc2)C(=O)NC(C)C)S(C)(=O)=O)cc1C. The molecule has 3 aromatic carbocycles. The Balaban J connectivity index is 2.08. The molecule has 1 N–H and O–H groups in total. The van der Waals surface area contributed by atoms with Gasteiger partial charge in [-0.05, 0) is 68.1 Å². The fourth-order valence-electron chi connectivity index (χ4n) is 4.24. The zero-order valence-corrected chi connectivity index (χ0v) is 24.6. The van der Waals surface area contributed by atoms with Crippen molar-refractivity contribution in [2.24, 2.45) is 0 Å². The van der Waals surface area contributed by atoms with E-state index in [1.165, 1.54) is 4.90 Å². The van der Waals surface area contributed by atoms with Crippen LogP contribution >= 0.6 is 11.6 Å². The van der Waals surface area contributed by atoms with Crippen LogP contribution in [0.1, 0.15) is 36.1 Å². The van der Waals surface area contributed by atoms with Crippen LogP contribution in [0.2, 0.25) is 5.02 Å². The number of carbonyl (C=O) groups is 2. The van der Waals surface area contributed by atoms with E-state index in [4.69, 9.17) is 11.6 Å². The van der Waals surface area contributed by atoms with E-state index >= 15 is 0 Å². The van der Waals surface area contributed by atoms with Crippen molar-refractivity contribution in [2.45, 2.75) is 52.7 Å². The second kappa shape index (κ2) is 13.1. The molecule has 2 amide bonds. The van der Waals surface area contributed by atoms with Crippen molar-refractivity contribution in [1.29, 1.82) is 0 Å².